The standard InChI is InChI=1S/C9H11FN2O4S2/c10-8-5-7(17(11,13)14)3-4-9(8)18(15,16)12-6-1-2-6/h3-6,12H,1-2H2,(H2,11,13,14). The first-order valence-corrected chi connectivity index (χ1v) is 8.08. The molecule has 1 fully saturated rings. The van der Waals surface area contributed by atoms with Crippen LogP contribution in [0.5, 0.6) is 0 Å². The van der Waals surface area contributed by atoms with Crippen LogP contribution in [0.15, 0.2) is 28.0 Å². The van der Waals surface area contributed by atoms with Crippen LogP contribution in [0, 0.1) is 5.82 Å². The van der Waals surface area contributed by atoms with E-state index < -0.39 is 35.7 Å². The van der Waals surface area contributed by atoms with E-state index in [0.29, 0.717) is 6.07 Å². The molecule has 9 heteroatoms. The summed E-state index contributed by atoms with van der Waals surface area (Å²) in [5.74, 6) is -1.14. The Morgan fingerprint density at radius 3 is 2.28 bits per heavy atom. The van der Waals surface area contributed by atoms with E-state index >= 15 is 0 Å². The maximum Gasteiger partial charge on any atom is 0.243 e. The van der Waals surface area contributed by atoms with Gasteiger partial charge in [-0.25, -0.2) is 31.1 Å². The molecule has 0 bridgehead atoms. The molecular weight excluding hydrogens is 283 g/mol. The van der Waals surface area contributed by atoms with Gasteiger partial charge in [0.1, 0.15) is 10.7 Å². The second kappa shape index (κ2) is 4.26. The summed E-state index contributed by atoms with van der Waals surface area (Å²) in [5, 5.41) is 4.82. The van der Waals surface area contributed by atoms with E-state index in [-0.39, 0.29) is 6.04 Å². The zero-order valence-electron chi connectivity index (χ0n) is 9.13. The molecule has 0 aliphatic heterocycles. The van der Waals surface area contributed by atoms with Gasteiger partial charge in [-0.2, -0.15) is 0 Å². The molecule has 6 nitrogen and oxygen atoms in total. The highest BCUT2D eigenvalue weighted by Gasteiger charge is 2.30. The largest absolute Gasteiger partial charge is 0.243 e. The van der Waals surface area contributed by atoms with E-state index in [4.69, 9.17) is 5.14 Å². The smallest absolute Gasteiger partial charge is 0.225 e. The summed E-state index contributed by atoms with van der Waals surface area (Å²) in [6.07, 6.45) is 1.44. The normalized spacial score (nSPS) is 16.8. The number of hydrogen-bond acceptors (Lipinski definition) is 4. The fourth-order valence-corrected chi connectivity index (χ4v) is 3.25. The Morgan fingerprint density at radius 2 is 1.83 bits per heavy atom. The Bertz CT molecular complexity index is 681. The maximum atomic E-state index is 13.6. The van der Waals surface area contributed by atoms with Crippen molar-refractivity contribution in [3.8, 4) is 0 Å². The highest BCUT2D eigenvalue weighted by molar-refractivity contribution is 7.89. The van der Waals surface area contributed by atoms with Gasteiger partial charge in [-0.3, -0.25) is 0 Å². The molecule has 3 N–H and O–H groups in total. The molecule has 1 aromatic rings. The molecule has 2 rings (SSSR count). The minimum atomic E-state index is -4.05. The minimum absolute atomic E-state index is 0.160. The van der Waals surface area contributed by atoms with Crippen LogP contribution in [0.25, 0.3) is 0 Å². The summed E-state index contributed by atoms with van der Waals surface area (Å²) < 4.78 is 61.3. The van der Waals surface area contributed by atoms with Gasteiger partial charge in [-0.15, -0.1) is 0 Å². The van der Waals surface area contributed by atoms with Gasteiger partial charge < -0.3 is 0 Å². The molecule has 1 aliphatic rings. The zero-order chi connectivity index (χ0) is 13.6. The molecule has 0 unspecified atom stereocenters. The van der Waals surface area contributed by atoms with Crippen molar-refractivity contribution in [2.24, 2.45) is 5.14 Å². The third kappa shape index (κ3) is 2.86. The molecule has 1 aliphatic carbocycles. The number of hydrogen-bond donors (Lipinski definition) is 2. The highest BCUT2D eigenvalue weighted by Crippen LogP contribution is 2.24. The highest BCUT2D eigenvalue weighted by atomic mass is 32.2. The average Bonchev–Trinajstić information content (AvgIpc) is 2.98. The average molecular weight is 294 g/mol. The number of rotatable bonds is 4. The van der Waals surface area contributed by atoms with Crippen molar-refractivity contribution in [1.29, 1.82) is 0 Å². The molecule has 0 atom stereocenters. The summed E-state index contributed by atoms with van der Waals surface area (Å²) in [7, 11) is -8.00. The summed E-state index contributed by atoms with van der Waals surface area (Å²) in [5.41, 5.74) is 0. The molecule has 0 spiro atoms. The SMILES string of the molecule is NS(=O)(=O)c1ccc(S(=O)(=O)NC2CC2)c(F)c1. The first-order valence-electron chi connectivity index (χ1n) is 5.05. The topological polar surface area (TPSA) is 106 Å². The van der Waals surface area contributed by atoms with Crippen molar-refractivity contribution in [2.45, 2.75) is 28.7 Å². The lowest BCUT2D eigenvalue weighted by Gasteiger charge is -2.07. The number of nitrogens with two attached hydrogens (primary N) is 1. The van der Waals surface area contributed by atoms with Crippen molar-refractivity contribution in [3.63, 3.8) is 0 Å². The van der Waals surface area contributed by atoms with Crippen molar-refractivity contribution in [2.75, 3.05) is 0 Å². The lowest BCUT2D eigenvalue weighted by Crippen LogP contribution is -2.26. The molecule has 0 radical (unpaired) electrons. The van der Waals surface area contributed by atoms with Crippen molar-refractivity contribution >= 4 is 20.0 Å². The first kappa shape index (κ1) is 13.4. The molecule has 0 saturated heterocycles. The quantitative estimate of drug-likeness (QED) is 0.809. The van der Waals surface area contributed by atoms with Gasteiger partial charge in [-0.1, -0.05) is 0 Å². The predicted molar refractivity (Wildman–Crippen MR) is 61.1 cm³/mol. The van der Waals surface area contributed by atoms with Crippen LogP contribution in [-0.2, 0) is 20.0 Å². The second-order valence-electron chi connectivity index (χ2n) is 4.03. The molecule has 1 aromatic carbocycles. The summed E-state index contributed by atoms with van der Waals surface area (Å²) in [4.78, 5) is -1.05. The van der Waals surface area contributed by atoms with Crippen LogP contribution in [0.1, 0.15) is 12.8 Å². The fraction of sp³-hybridized carbons (Fsp3) is 0.333. The summed E-state index contributed by atoms with van der Waals surface area (Å²) in [6, 6.07) is 2.28. The Hall–Kier alpha value is -1.03. The van der Waals surface area contributed by atoms with Crippen LogP contribution in [0.3, 0.4) is 0 Å². The van der Waals surface area contributed by atoms with Gasteiger partial charge in [0.15, 0.2) is 0 Å². The van der Waals surface area contributed by atoms with Gasteiger partial charge in [-0.05, 0) is 31.0 Å². The minimum Gasteiger partial charge on any atom is -0.225 e. The lowest BCUT2D eigenvalue weighted by atomic mass is 10.3. The Balaban J connectivity index is 2.41. The molecular formula is C9H11FN2O4S2. The van der Waals surface area contributed by atoms with Gasteiger partial charge >= 0.3 is 0 Å². The second-order valence-corrected chi connectivity index (χ2v) is 7.28. The maximum absolute atomic E-state index is 13.6. The molecule has 1 saturated carbocycles. The number of sulfonamides is 2. The molecule has 0 aromatic heterocycles. The predicted octanol–water partition coefficient (Wildman–Crippen LogP) is -0.0862. The number of primary sulfonamides is 1. The van der Waals surface area contributed by atoms with Gasteiger partial charge in [0.2, 0.25) is 20.0 Å². The molecule has 0 heterocycles. The monoisotopic (exact) mass is 294 g/mol. The van der Waals surface area contributed by atoms with E-state index in [1.165, 1.54) is 0 Å². The van der Waals surface area contributed by atoms with E-state index in [9.17, 15) is 21.2 Å². The van der Waals surface area contributed by atoms with Gasteiger partial charge in [0.25, 0.3) is 0 Å². The van der Waals surface area contributed by atoms with Crippen LogP contribution in [0.2, 0.25) is 0 Å². The Morgan fingerprint density at radius 1 is 1.22 bits per heavy atom. The van der Waals surface area contributed by atoms with Crippen LogP contribution >= 0.6 is 0 Å². The van der Waals surface area contributed by atoms with Crippen molar-refractivity contribution in [1.82, 2.24) is 4.72 Å². The Kier molecular flexibility index (Phi) is 3.18. The summed E-state index contributed by atoms with van der Waals surface area (Å²) >= 11 is 0. The summed E-state index contributed by atoms with van der Waals surface area (Å²) in [6.45, 7) is 0. The first-order chi connectivity index (χ1) is 8.20. The van der Waals surface area contributed by atoms with E-state index in [0.717, 1.165) is 25.0 Å². The third-order valence-corrected chi connectivity index (χ3v) is 4.89. The molecule has 100 valence electrons. The van der Waals surface area contributed by atoms with Gasteiger partial charge in [0.05, 0.1) is 4.90 Å². The van der Waals surface area contributed by atoms with E-state index in [2.05, 4.69) is 4.72 Å². The van der Waals surface area contributed by atoms with E-state index in [1.807, 2.05) is 0 Å². The molecule has 18 heavy (non-hydrogen) atoms. The number of halogens is 1. The van der Waals surface area contributed by atoms with Crippen LogP contribution < -0.4 is 9.86 Å². The Labute approximate surface area is 104 Å². The van der Waals surface area contributed by atoms with Crippen LogP contribution in [-0.4, -0.2) is 22.9 Å². The number of benzene rings is 1. The van der Waals surface area contributed by atoms with Crippen LogP contribution in [0.4, 0.5) is 4.39 Å². The van der Waals surface area contributed by atoms with Crippen molar-refractivity contribution in [3.05, 3.63) is 24.0 Å². The molecule has 0 amide bonds. The third-order valence-electron chi connectivity index (χ3n) is 2.42. The van der Waals surface area contributed by atoms with Crippen molar-refractivity contribution < 1.29 is 21.2 Å². The van der Waals surface area contributed by atoms with E-state index in [1.54, 1.807) is 0 Å². The lowest BCUT2D eigenvalue weighted by molar-refractivity contribution is 0.552. The fourth-order valence-electron chi connectivity index (χ4n) is 1.36. The van der Waals surface area contributed by atoms with Gasteiger partial charge in [0, 0.05) is 6.04 Å². The number of nitrogens with one attached hydrogen (secondary N) is 1. The zero-order valence-corrected chi connectivity index (χ0v) is 10.8.